The zero-order valence-electron chi connectivity index (χ0n) is 8.60. The van der Waals surface area contributed by atoms with E-state index >= 15 is 0 Å². The summed E-state index contributed by atoms with van der Waals surface area (Å²) < 4.78 is 94.9. The molecular weight excluding hydrogens is 355 g/mol. The molecular formula is C7H10F8Sn. The predicted octanol–water partition coefficient (Wildman–Crippen LogP) is 4.03. The van der Waals surface area contributed by atoms with Gasteiger partial charge < -0.3 is 0 Å². The van der Waals surface area contributed by atoms with Gasteiger partial charge in [0.25, 0.3) is 0 Å². The van der Waals surface area contributed by atoms with Crippen molar-refractivity contribution in [3.05, 3.63) is 0 Å². The van der Waals surface area contributed by atoms with Crippen molar-refractivity contribution in [2.24, 2.45) is 0 Å². The zero-order chi connectivity index (χ0) is 13.6. The summed E-state index contributed by atoms with van der Waals surface area (Å²) in [7, 11) is 0. The van der Waals surface area contributed by atoms with Gasteiger partial charge in [-0.3, -0.25) is 0 Å². The van der Waals surface area contributed by atoms with Crippen LogP contribution in [0.15, 0.2) is 0 Å². The van der Waals surface area contributed by atoms with Crippen LogP contribution in [-0.4, -0.2) is 40.6 Å². The Balaban J connectivity index is 5.53. The molecule has 0 heterocycles. The second kappa shape index (κ2) is 4.16. The summed E-state index contributed by atoms with van der Waals surface area (Å²) in [4.78, 5) is 2.30. The quantitative estimate of drug-likeness (QED) is 0.522. The predicted molar refractivity (Wildman–Crippen MR) is 44.2 cm³/mol. The molecule has 0 aliphatic rings. The molecule has 16 heavy (non-hydrogen) atoms. The van der Waals surface area contributed by atoms with Crippen LogP contribution in [0.25, 0.3) is 0 Å². The van der Waals surface area contributed by atoms with Gasteiger partial charge in [0.15, 0.2) is 0 Å². The molecule has 0 unspecified atom stereocenters. The second-order valence-electron chi connectivity index (χ2n) is 4.32. The fraction of sp³-hybridized carbons (Fsp3) is 1.00. The molecule has 0 nitrogen and oxygen atoms in total. The van der Waals surface area contributed by atoms with Crippen molar-refractivity contribution in [1.82, 2.24) is 0 Å². The van der Waals surface area contributed by atoms with Crippen molar-refractivity contribution in [1.29, 1.82) is 0 Å². The zero-order valence-corrected chi connectivity index (χ0v) is 11.5. The van der Waals surface area contributed by atoms with Crippen molar-refractivity contribution in [3.8, 4) is 0 Å². The Morgan fingerprint density at radius 3 is 1.31 bits per heavy atom. The van der Waals surface area contributed by atoms with Crippen molar-refractivity contribution >= 4 is 18.4 Å². The van der Waals surface area contributed by atoms with E-state index in [9.17, 15) is 35.1 Å². The van der Waals surface area contributed by atoms with Crippen LogP contribution in [0.5, 0.6) is 0 Å². The van der Waals surface area contributed by atoms with Crippen molar-refractivity contribution < 1.29 is 35.1 Å². The molecule has 0 aromatic carbocycles. The van der Waals surface area contributed by atoms with E-state index in [1.165, 1.54) is 0 Å². The standard InChI is InChI=1S/C4HF8.3CH3.Sn/c5-1(6)3(9,10)4(11,12)2(7)8;;;;/h1H;3*1H3;. The third-order valence-corrected chi connectivity index (χ3v) is 8.30. The summed E-state index contributed by atoms with van der Waals surface area (Å²) in [5.41, 5.74) is 0. The van der Waals surface area contributed by atoms with Crippen LogP contribution in [0.2, 0.25) is 14.8 Å². The molecule has 0 spiro atoms. The van der Waals surface area contributed by atoms with Crippen LogP contribution in [0, 0.1) is 0 Å². The first kappa shape index (κ1) is 16.2. The molecule has 0 fully saturated rings. The van der Waals surface area contributed by atoms with Gasteiger partial charge in [-0.1, -0.05) is 0 Å². The van der Waals surface area contributed by atoms with E-state index < -0.39 is 40.6 Å². The van der Waals surface area contributed by atoms with E-state index in [2.05, 4.69) is 0 Å². The molecule has 9 heteroatoms. The molecule has 0 aliphatic carbocycles. The van der Waals surface area contributed by atoms with Gasteiger partial charge in [0.05, 0.1) is 0 Å². The average Bonchev–Trinajstić information content (AvgIpc) is 2.00. The average molecular weight is 365 g/mol. The fourth-order valence-electron chi connectivity index (χ4n) is 0.817. The molecule has 0 aromatic rings. The van der Waals surface area contributed by atoms with Gasteiger partial charge in [-0.05, 0) is 0 Å². The molecule has 0 radical (unpaired) electrons. The fourth-order valence-corrected chi connectivity index (χ4v) is 3.98. The first-order valence-electron chi connectivity index (χ1n) is 4.11. The molecule has 0 aliphatic heterocycles. The van der Waals surface area contributed by atoms with Crippen LogP contribution in [0.3, 0.4) is 0 Å². The Morgan fingerprint density at radius 2 is 1.12 bits per heavy atom. The molecule has 0 saturated carbocycles. The topological polar surface area (TPSA) is 0 Å². The maximum absolute atomic E-state index is 13.1. The van der Waals surface area contributed by atoms with E-state index in [4.69, 9.17) is 0 Å². The van der Waals surface area contributed by atoms with Crippen LogP contribution in [0.1, 0.15) is 0 Å². The van der Waals surface area contributed by atoms with E-state index in [0.29, 0.717) is 0 Å². The van der Waals surface area contributed by atoms with Crippen molar-refractivity contribution in [2.75, 3.05) is 0 Å². The van der Waals surface area contributed by atoms with Crippen LogP contribution in [0.4, 0.5) is 35.1 Å². The van der Waals surface area contributed by atoms with Crippen LogP contribution in [-0.2, 0) is 0 Å². The van der Waals surface area contributed by atoms with E-state index in [1.807, 2.05) is 0 Å². The number of hydrogen-bond donors (Lipinski definition) is 0. The number of hydrogen-bond acceptors (Lipinski definition) is 0. The Morgan fingerprint density at radius 1 is 0.812 bits per heavy atom. The summed E-state index contributed by atoms with van der Waals surface area (Å²) >= 11 is -4.84. The molecule has 0 saturated heterocycles. The summed E-state index contributed by atoms with van der Waals surface area (Å²) in [6.45, 7) is 0. The number of halogens is 8. The molecule has 0 atom stereocenters. The van der Waals surface area contributed by atoms with E-state index in [1.54, 1.807) is 0 Å². The maximum atomic E-state index is 13.1. The van der Waals surface area contributed by atoms with Gasteiger partial charge in [-0.15, -0.1) is 0 Å². The van der Waals surface area contributed by atoms with Crippen molar-refractivity contribution in [3.63, 3.8) is 0 Å². The van der Waals surface area contributed by atoms with E-state index in [-0.39, 0.29) is 0 Å². The van der Waals surface area contributed by atoms with E-state index in [0.717, 1.165) is 14.8 Å². The number of alkyl halides is 8. The Hall–Kier alpha value is 0.239. The van der Waals surface area contributed by atoms with Gasteiger partial charge in [0.2, 0.25) is 0 Å². The molecule has 0 aromatic heterocycles. The third-order valence-electron chi connectivity index (χ3n) is 2.03. The Bertz CT molecular complexity index is 254. The van der Waals surface area contributed by atoms with Crippen LogP contribution >= 0.6 is 0 Å². The SMILES string of the molecule is [CH3][Sn]([CH3])([CH3])[C](F)(F)C(F)(F)C(F)(F)C(F)F. The first-order chi connectivity index (χ1) is 6.69. The molecule has 0 rings (SSSR count). The minimum atomic E-state index is -6.03. The van der Waals surface area contributed by atoms with Crippen LogP contribution < -0.4 is 0 Å². The van der Waals surface area contributed by atoms with Gasteiger partial charge in [0.1, 0.15) is 0 Å². The Labute approximate surface area is 90.9 Å². The van der Waals surface area contributed by atoms with Gasteiger partial charge in [-0.2, -0.15) is 0 Å². The normalized spacial score (nSPS) is 15.8. The molecule has 98 valence electrons. The Kier molecular flexibility index (Phi) is 4.23. The summed E-state index contributed by atoms with van der Waals surface area (Å²) in [5.74, 6) is -12.1. The monoisotopic (exact) mass is 366 g/mol. The van der Waals surface area contributed by atoms with Crippen molar-refractivity contribution in [2.45, 2.75) is 37.0 Å². The molecule has 0 amide bonds. The first-order valence-corrected chi connectivity index (χ1v) is 14.1. The summed E-state index contributed by atoms with van der Waals surface area (Å²) in [6, 6.07) is 0. The second-order valence-corrected chi connectivity index (χ2v) is 19.0. The third kappa shape index (κ3) is 2.26. The number of rotatable bonds is 4. The van der Waals surface area contributed by atoms with Gasteiger partial charge >= 0.3 is 90.5 Å². The van der Waals surface area contributed by atoms with Gasteiger partial charge in [0, 0.05) is 0 Å². The molecule has 0 bridgehead atoms. The summed E-state index contributed by atoms with van der Waals surface area (Å²) in [5, 5.41) is 0. The van der Waals surface area contributed by atoms with Gasteiger partial charge in [-0.25, -0.2) is 0 Å². The molecule has 0 N–H and O–H groups in total. The minimum absolute atomic E-state index is 0.768. The summed E-state index contributed by atoms with van der Waals surface area (Å²) in [6.07, 6.45) is -4.83.